The molecule has 2 unspecified atom stereocenters. The number of anilines is 2. The molecule has 0 saturated heterocycles. The van der Waals surface area contributed by atoms with E-state index in [2.05, 4.69) is 16.0 Å². The zero-order chi connectivity index (χ0) is 19.1. The lowest BCUT2D eigenvalue weighted by molar-refractivity contribution is -0.120. The highest BCUT2D eigenvalue weighted by atomic mass is 35.5. The first kappa shape index (κ1) is 22.5. The maximum atomic E-state index is 12.6. The van der Waals surface area contributed by atoms with Gasteiger partial charge in [-0.3, -0.25) is 4.79 Å². The van der Waals surface area contributed by atoms with E-state index in [1.165, 1.54) is 0 Å². The third-order valence-electron chi connectivity index (χ3n) is 3.99. The van der Waals surface area contributed by atoms with E-state index >= 15 is 0 Å². The Kier molecular flexibility index (Phi) is 8.78. The molecule has 0 aliphatic rings. The van der Waals surface area contributed by atoms with Crippen LogP contribution < -0.4 is 21.7 Å². The number of hydrogen-bond donors (Lipinski definition) is 4. The summed E-state index contributed by atoms with van der Waals surface area (Å²) in [6, 6.07) is 15.8. The molecule has 5 N–H and O–H groups in total. The van der Waals surface area contributed by atoms with Gasteiger partial charge in [0.1, 0.15) is 0 Å². The second-order valence-corrected chi connectivity index (χ2v) is 6.51. The van der Waals surface area contributed by atoms with E-state index in [0.29, 0.717) is 11.4 Å². The van der Waals surface area contributed by atoms with Gasteiger partial charge in [-0.05, 0) is 31.5 Å². The largest absolute Gasteiger partial charge is 0.336 e. The van der Waals surface area contributed by atoms with Crippen LogP contribution in [0.4, 0.5) is 16.2 Å². The highest BCUT2D eigenvalue weighted by Gasteiger charge is 2.23. The molecule has 2 aromatic rings. The minimum absolute atomic E-state index is 0. The maximum absolute atomic E-state index is 12.6. The first-order chi connectivity index (χ1) is 12.4. The third kappa shape index (κ3) is 6.58. The summed E-state index contributed by atoms with van der Waals surface area (Å²) in [4.78, 5) is 24.6. The highest BCUT2D eigenvalue weighted by Crippen LogP contribution is 2.24. The predicted octanol–water partition coefficient (Wildman–Crippen LogP) is 3.91. The molecule has 2 atom stereocenters. The van der Waals surface area contributed by atoms with Crippen LogP contribution in [-0.4, -0.2) is 18.0 Å². The Balaban J connectivity index is 0.00000364. The molecular formula is C20H27ClN4O2. The number of nitrogens with two attached hydrogens (primary N) is 1. The van der Waals surface area contributed by atoms with Crippen LogP contribution in [0.5, 0.6) is 0 Å². The average Bonchev–Trinajstić information content (AvgIpc) is 2.62. The lowest BCUT2D eigenvalue weighted by atomic mass is 9.94. The lowest BCUT2D eigenvalue weighted by Gasteiger charge is -2.21. The summed E-state index contributed by atoms with van der Waals surface area (Å²) in [5, 5.41) is 8.36. The van der Waals surface area contributed by atoms with Crippen molar-refractivity contribution in [2.75, 3.05) is 10.6 Å². The van der Waals surface area contributed by atoms with Crippen LogP contribution in [0, 0.1) is 5.92 Å². The van der Waals surface area contributed by atoms with Crippen molar-refractivity contribution in [2.45, 2.75) is 32.9 Å². The van der Waals surface area contributed by atoms with E-state index in [1.807, 2.05) is 44.2 Å². The molecule has 0 aliphatic heterocycles. The second-order valence-electron chi connectivity index (χ2n) is 6.51. The monoisotopic (exact) mass is 390 g/mol. The number of carbonyl (C=O) groups excluding carboxylic acids is 2. The van der Waals surface area contributed by atoms with Crippen LogP contribution in [0.3, 0.4) is 0 Å². The van der Waals surface area contributed by atoms with Crippen molar-refractivity contribution in [3.05, 3.63) is 60.2 Å². The van der Waals surface area contributed by atoms with Crippen molar-refractivity contribution in [1.29, 1.82) is 0 Å². The Hall–Kier alpha value is -2.57. The highest BCUT2D eigenvalue weighted by molar-refractivity contribution is 6.00. The molecule has 6 nitrogen and oxygen atoms in total. The van der Waals surface area contributed by atoms with Gasteiger partial charge in [0.15, 0.2) is 0 Å². The molecule has 146 valence electrons. The number of benzene rings is 2. The van der Waals surface area contributed by atoms with Gasteiger partial charge in [-0.25, -0.2) is 4.79 Å². The summed E-state index contributed by atoms with van der Waals surface area (Å²) >= 11 is 0. The quantitative estimate of drug-likeness (QED) is 0.602. The van der Waals surface area contributed by atoms with Crippen molar-refractivity contribution >= 4 is 35.7 Å². The first-order valence-electron chi connectivity index (χ1n) is 8.66. The van der Waals surface area contributed by atoms with E-state index in [-0.39, 0.29) is 30.4 Å². The summed E-state index contributed by atoms with van der Waals surface area (Å²) in [5.41, 5.74) is 8.19. The molecule has 0 aromatic heterocycles. The van der Waals surface area contributed by atoms with Gasteiger partial charge >= 0.3 is 6.03 Å². The topological polar surface area (TPSA) is 96.2 Å². The van der Waals surface area contributed by atoms with Crippen molar-refractivity contribution in [3.63, 3.8) is 0 Å². The van der Waals surface area contributed by atoms with Crippen molar-refractivity contribution in [2.24, 2.45) is 11.7 Å². The fraction of sp³-hybridized carbons (Fsp3) is 0.300. The Labute approximate surface area is 166 Å². The summed E-state index contributed by atoms with van der Waals surface area (Å²) in [6.07, 6.45) is 0. The Bertz CT molecular complexity index is 753. The van der Waals surface area contributed by atoms with Gasteiger partial charge < -0.3 is 21.7 Å². The van der Waals surface area contributed by atoms with Gasteiger partial charge in [0.25, 0.3) is 0 Å². The summed E-state index contributed by atoms with van der Waals surface area (Å²) in [6.45, 7) is 5.54. The molecule has 0 saturated carbocycles. The number of carbonyl (C=O) groups is 2. The molecule has 3 amide bonds. The number of urea groups is 1. The molecule has 0 aliphatic carbocycles. The van der Waals surface area contributed by atoms with Gasteiger partial charge in [0, 0.05) is 12.1 Å². The minimum Gasteiger partial charge on any atom is -0.336 e. The van der Waals surface area contributed by atoms with Crippen LogP contribution in [-0.2, 0) is 4.79 Å². The van der Waals surface area contributed by atoms with Crippen molar-refractivity contribution in [3.8, 4) is 0 Å². The number of para-hydroxylation sites is 2. The van der Waals surface area contributed by atoms with Crippen LogP contribution in [0.2, 0.25) is 0 Å². The number of hydrogen-bond acceptors (Lipinski definition) is 3. The smallest absolute Gasteiger partial charge is 0.319 e. The first-order valence-corrected chi connectivity index (χ1v) is 8.66. The predicted molar refractivity (Wildman–Crippen MR) is 112 cm³/mol. The Morgan fingerprint density at radius 3 is 1.93 bits per heavy atom. The number of nitrogens with one attached hydrogen (secondary N) is 3. The van der Waals surface area contributed by atoms with E-state index in [1.54, 1.807) is 31.2 Å². The maximum Gasteiger partial charge on any atom is 0.319 e. The van der Waals surface area contributed by atoms with Crippen LogP contribution in [0.15, 0.2) is 54.6 Å². The molecule has 0 spiro atoms. The Morgan fingerprint density at radius 1 is 0.852 bits per heavy atom. The second kappa shape index (κ2) is 10.5. The molecule has 0 bridgehead atoms. The van der Waals surface area contributed by atoms with E-state index in [0.717, 1.165) is 5.56 Å². The Morgan fingerprint density at radius 2 is 1.37 bits per heavy atom. The zero-order valence-electron chi connectivity index (χ0n) is 15.7. The molecule has 7 heteroatoms. The zero-order valence-corrected chi connectivity index (χ0v) is 16.5. The van der Waals surface area contributed by atoms with Crippen LogP contribution in [0.1, 0.15) is 32.4 Å². The van der Waals surface area contributed by atoms with E-state index < -0.39 is 12.0 Å². The molecular weight excluding hydrogens is 364 g/mol. The molecule has 2 aromatic carbocycles. The standard InChI is InChI=1S/C20H26N4O2.ClH/c1-13(2)22-20(26)24-17-12-8-7-11-16(17)23-19(25)14(3)18(21)15-9-5-4-6-10-15;/h4-14,18H,21H2,1-3H3,(H,23,25)(H2,22,24,26);1H. The molecule has 2 rings (SSSR count). The number of amides is 3. The number of halogens is 1. The minimum atomic E-state index is -0.435. The summed E-state index contributed by atoms with van der Waals surface area (Å²) in [5.74, 6) is -0.644. The van der Waals surface area contributed by atoms with Gasteiger partial charge in [-0.1, -0.05) is 49.4 Å². The normalized spacial score (nSPS) is 12.5. The molecule has 0 fully saturated rings. The SMILES string of the molecule is CC(C)NC(=O)Nc1ccccc1NC(=O)C(C)C(N)c1ccccc1.Cl. The molecule has 0 radical (unpaired) electrons. The fourth-order valence-corrected chi connectivity index (χ4v) is 2.50. The third-order valence-corrected chi connectivity index (χ3v) is 3.99. The van der Waals surface area contributed by atoms with Gasteiger partial charge in [-0.2, -0.15) is 0 Å². The number of rotatable bonds is 6. The van der Waals surface area contributed by atoms with E-state index in [9.17, 15) is 9.59 Å². The van der Waals surface area contributed by atoms with Gasteiger partial charge in [0.05, 0.1) is 17.3 Å². The summed E-state index contributed by atoms with van der Waals surface area (Å²) < 4.78 is 0. The van der Waals surface area contributed by atoms with Gasteiger partial charge in [0.2, 0.25) is 5.91 Å². The van der Waals surface area contributed by atoms with Crippen LogP contribution in [0.25, 0.3) is 0 Å². The van der Waals surface area contributed by atoms with Gasteiger partial charge in [-0.15, -0.1) is 12.4 Å². The van der Waals surface area contributed by atoms with Crippen molar-refractivity contribution in [1.82, 2.24) is 5.32 Å². The average molecular weight is 391 g/mol. The van der Waals surface area contributed by atoms with Crippen molar-refractivity contribution < 1.29 is 9.59 Å². The fourth-order valence-electron chi connectivity index (χ4n) is 2.50. The van der Waals surface area contributed by atoms with E-state index in [4.69, 9.17) is 5.73 Å². The lowest BCUT2D eigenvalue weighted by Crippen LogP contribution is -2.34. The molecule has 0 heterocycles. The van der Waals surface area contributed by atoms with Crippen LogP contribution >= 0.6 is 12.4 Å². The summed E-state index contributed by atoms with van der Waals surface area (Å²) in [7, 11) is 0. The molecule has 27 heavy (non-hydrogen) atoms.